The fraction of sp³-hybridized carbons (Fsp3) is 0.905. The number of unbranched alkanes of at least 4 members (excludes halogenated alkanes) is 13. The number of aliphatic carboxylic acids is 2. The van der Waals surface area contributed by atoms with Crippen molar-refractivity contribution < 1.29 is 19.8 Å². The molecule has 2 N–H and O–H groups in total. The van der Waals surface area contributed by atoms with E-state index in [0.717, 1.165) is 32.1 Å². The van der Waals surface area contributed by atoms with E-state index >= 15 is 0 Å². The molecule has 0 aliphatic heterocycles. The Morgan fingerprint density at radius 1 is 0.630 bits per heavy atom. The molecule has 0 saturated heterocycles. The molecular formula is C21H42Cl2O4. The third-order valence-corrected chi connectivity index (χ3v) is 5.04. The maximum absolute atomic E-state index is 10.9. The molecule has 1 unspecified atom stereocenters. The van der Waals surface area contributed by atoms with Crippen LogP contribution >= 0.6 is 24.8 Å². The van der Waals surface area contributed by atoms with E-state index in [9.17, 15) is 9.59 Å². The molecule has 0 aromatic heterocycles. The first-order valence-electron chi connectivity index (χ1n) is 10.5. The van der Waals surface area contributed by atoms with Gasteiger partial charge in [-0.1, -0.05) is 90.4 Å². The van der Waals surface area contributed by atoms with Gasteiger partial charge >= 0.3 is 11.9 Å². The largest absolute Gasteiger partial charge is 0.481 e. The van der Waals surface area contributed by atoms with Crippen molar-refractivity contribution in [2.24, 2.45) is 5.92 Å². The van der Waals surface area contributed by atoms with Gasteiger partial charge in [0.25, 0.3) is 0 Å². The van der Waals surface area contributed by atoms with Crippen LogP contribution in [0, 0.1) is 5.92 Å². The van der Waals surface area contributed by atoms with Crippen LogP contribution in [-0.2, 0) is 9.59 Å². The average Bonchev–Trinajstić information content (AvgIpc) is 2.57. The van der Waals surface area contributed by atoms with Crippen LogP contribution in [0.2, 0.25) is 0 Å². The van der Waals surface area contributed by atoms with Crippen molar-refractivity contribution in [1.82, 2.24) is 0 Å². The second kappa shape index (κ2) is 23.6. The molecule has 0 aromatic rings. The molecule has 0 aliphatic carbocycles. The van der Waals surface area contributed by atoms with Crippen LogP contribution in [0.3, 0.4) is 0 Å². The van der Waals surface area contributed by atoms with Crippen molar-refractivity contribution >= 4 is 36.8 Å². The molecule has 0 aromatic carbocycles. The lowest BCUT2D eigenvalue weighted by atomic mass is 9.98. The van der Waals surface area contributed by atoms with Gasteiger partial charge in [0.15, 0.2) is 0 Å². The summed E-state index contributed by atoms with van der Waals surface area (Å²) in [6, 6.07) is 0. The molecule has 164 valence electrons. The first kappa shape index (κ1) is 31.2. The highest BCUT2D eigenvalue weighted by Gasteiger charge is 2.13. The summed E-state index contributed by atoms with van der Waals surface area (Å²) in [5.41, 5.74) is 0. The maximum atomic E-state index is 10.9. The highest BCUT2D eigenvalue weighted by Crippen LogP contribution is 2.16. The molecule has 0 radical (unpaired) electrons. The fourth-order valence-electron chi connectivity index (χ4n) is 3.29. The molecule has 0 heterocycles. The lowest BCUT2D eigenvalue weighted by Crippen LogP contribution is -2.12. The lowest BCUT2D eigenvalue weighted by Gasteiger charge is -2.08. The number of rotatable bonds is 19. The third-order valence-electron chi connectivity index (χ3n) is 5.04. The Hall–Kier alpha value is -0.480. The predicted molar refractivity (Wildman–Crippen MR) is 117 cm³/mol. The standard InChI is InChI=1S/C21H40O4.2ClH/c1-2-19(21(24)25)17-15-13-11-9-7-5-3-4-6-8-10-12-14-16-18-20(22)23;;/h19H,2-18H2,1H3,(H,22,23)(H,24,25);2*1H. The van der Waals surface area contributed by atoms with Crippen molar-refractivity contribution in [3.8, 4) is 0 Å². The van der Waals surface area contributed by atoms with Gasteiger partial charge in [-0.05, 0) is 19.3 Å². The summed E-state index contributed by atoms with van der Waals surface area (Å²) in [6.45, 7) is 1.96. The van der Waals surface area contributed by atoms with Crippen LogP contribution < -0.4 is 0 Å². The van der Waals surface area contributed by atoms with Crippen LogP contribution in [-0.4, -0.2) is 22.2 Å². The van der Waals surface area contributed by atoms with E-state index in [0.29, 0.717) is 6.42 Å². The molecule has 0 bridgehead atoms. The smallest absolute Gasteiger partial charge is 0.306 e. The van der Waals surface area contributed by atoms with Crippen molar-refractivity contribution in [3.05, 3.63) is 0 Å². The Morgan fingerprint density at radius 3 is 1.26 bits per heavy atom. The molecule has 0 saturated carbocycles. The van der Waals surface area contributed by atoms with Crippen LogP contribution in [0.5, 0.6) is 0 Å². The Morgan fingerprint density at radius 2 is 0.963 bits per heavy atom. The van der Waals surface area contributed by atoms with E-state index in [4.69, 9.17) is 10.2 Å². The van der Waals surface area contributed by atoms with Gasteiger partial charge in [0.05, 0.1) is 5.92 Å². The third kappa shape index (κ3) is 23.5. The van der Waals surface area contributed by atoms with Gasteiger partial charge in [0.2, 0.25) is 0 Å². The number of carbonyl (C=O) groups is 2. The number of hydrogen-bond donors (Lipinski definition) is 2. The van der Waals surface area contributed by atoms with Crippen molar-refractivity contribution in [1.29, 1.82) is 0 Å². The second-order valence-electron chi connectivity index (χ2n) is 7.33. The maximum Gasteiger partial charge on any atom is 0.306 e. The molecule has 0 aliphatic rings. The zero-order valence-corrected chi connectivity index (χ0v) is 18.8. The van der Waals surface area contributed by atoms with Crippen LogP contribution in [0.25, 0.3) is 0 Å². The lowest BCUT2D eigenvalue weighted by molar-refractivity contribution is -0.142. The molecular weight excluding hydrogens is 387 g/mol. The zero-order chi connectivity index (χ0) is 18.8. The molecule has 6 heteroatoms. The highest BCUT2D eigenvalue weighted by atomic mass is 35.5. The molecule has 0 amide bonds. The van der Waals surface area contributed by atoms with Gasteiger partial charge in [-0.3, -0.25) is 9.59 Å². The minimum atomic E-state index is -0.676. The van der Waals surface area contributed by atoms with Crippen molar-refractivity contribution in [2.45, 2.75) is 116 Å². The number of carboxylic acid groups (broad SMARTS) is 2. The van der Waals surface area contributed by atoms with E-state index in [1.165, 1.54) is 70.6 Å². The minimum Gasteiger partial charge on any atom is -0.481 e. The monoisotopic (exact) mass is 428 g/mol. The topological polar surface area (TPSA) is 74.6 Å². The Balaban J connectivity index is -0.00000288. The molecule has 27 heavy (non-hydrogen) atoms. The molecule has 1 atom stereocenters. The number of hydrogen-bond acceptors (Lipinski definition) is 2. The van der Waals surface area contributed by atoms with E-state index in [-0.39, 0.29) is 30.7 Å². The van der Waals surface area contributed by atoms with Gasteiger partial charge in [-0.15, -0.1) is 24.8 Å². The van der Waals surface area contributed by atoms with Gasteiger partial charge in [-0.2, -0.15) is 0 Å². The first-order valence-corrected chi connectivity index (χ1v) is 10.5. The molecule has 4 nitrogen and oxygen atoms in total. The Bertz CT molecular complexity index is 338. The first-order chi connectivity index (χ1) is 12.1. The number of halogens is 2. The summed E-state index contributed by atoms with van der Waals surface area (Å²) >= 11 is 0. The summed E-state index contributed by atoms with van der Waals surface area (Å²) in [7, 11) is 0. The Labute approximate surface area is 178 Å². The Kier molecular flexibility index (Phi) is 27.2. The van der Waals surface area contributed by atoms with Crippen LogP contribution in [0.15, 0.2) is 0 Å². The summed E-state index contributed by atoms with van der Waals surface area (Å²) in [5.74, 6) is -1.45. The van der Waals surface area contributed by atoms with E-state index < -0.39 is 11.9 Å². The molecule has 0 fully saturated rings. The SMILES string of the molecule is CCC(CCCCCCCCCCCCCCCCC(=O)O)C(=O)O.Cl.Cl. The van der Waals surface area contributed by atoms with Crippen molar-refractivity contribution in [2.75, 3.05) is 0 Å². The second-order valence-corrected chi connectivity index (χ2v) is 7.33. The normalized spacial score (nSPS) is 11.3. The van der Waals surface area contributed by atoms with Gasteiger partial charge in [0, 0.05) is 6.42 Å². The summed E-state index contributed by atoms with van der Waals surface area (Å²) in [4.78, 5) is 21.3. The minimum absolute atomic E-state index is 0. The summed E-state index contributed by atoms with van der Waals surface area (Å²) < 4.78 is 0. The van der Waals surface area contributed by atoms with Crippen LogP contribution in [0.4, 0.5) is 0 Å². The van der Waals surface area contributed by atoms with Gasteiger partial charge < -0.3 is 10.2 Å². The van der Waals surface area contributed by atoms with E-state index in [2.05, 4.69) is 0 Å². The zero-order valence-electron chi connectivity index (χ0n) is 17.1. The van der Waals surface area contributed by atoms with Gasteiger partial charge in [-0.25, -0.2) is 0 Å². The average molecular weight is 429 g/mol. The summed E-state index contributed by atoms with van der Waals surface area (Å²) in [5, 5.41) is 17.5. The van der Waals surface area contributed by atoms with Crippen molar-refractivity contribution in [3.63, 3.8) is 0 Å². The predicted octanol–water partition coefficient (Wildman–Crippen LogP) is 7.27. The highest BCUT2D eigenvalue weighted by molar-refractivity contribution is 5.85. The molecule has 0 rings (SSSR count). The quantitative estimate of drug-likeness (QED) is 0.212. The fourth-order valence-corrected chi connectivity index (χ4v) is 3.29. The number of carboxylic acids is 2. The molecule has 0 spiro atoms. The van der Waals surface area contributed by atoms with E-state index in [1.807, 2.05) is 6.92 Å². The van der Waals surface area contributed by atoms with Gasteiger partial charge in [0.1, 0.15) is 0 Å². The summed E-state index contributed by atoms with van der Waals surface area (Å²) in [6.07, 6.45) is 18.8. The van der Waals surface area contributed by atoms with E-state index in [1.54, 1.807) is 0 Å². The van der Waals surface area contributed by atoms with Crippen LogP contribution in [0.1, 0.15) is 116 Å².